The molecular weight excluding hydrogens is 164 g/mol. The Balaban J connectivity index is 2.60. The Morgan fingerprint density at radius 2 is 2.27 bits per heavy atom. The van der Waals surface area contributed by atoms with Gasteiger partial charge in [-0.15, -0.1) is 5.10 Å². The molecule has 1 heterocycles. The van der Waals surface area contributed by atoms with E-state index in [1.165, 1.54) is 0 Å². The lowest BCUT2D eigenvalue weighted by Gasteiger charge is -2.01. The number of halogens is 1. The zero-order chi connectivity index (χ0) is 8.27. The molecule has 4 heteroatoms. The third-order valence-electron chi connectivity index (χ3n) is 1.56. The first-order chi connectivity index (χ1) is 5.24. The van der Waals surface area contributed by atoms with Crippen LogP contribution in [-0.2, 0) is 0 Å². The quantitative estimate of drug-likeness (QED) is 0.707. The maximum absolute atomic E-state index is 5.46. The minimum absolute atomic E-state index is 0.128. The minimum atomic E-state index is 0.128. The zero-order valence-electron chi connectivity index (χ0n) is 6.67. The molecule has 1 aromatic rings. The van der Waals surface area contributed by atoms with Gasteiger partial charge in [-0.3, -0.25) is 0 Å². The molecule has 0 N–H and O–H groups in total. The maximum atomic E-state index is 5.46. The average Bonchev–Trinajstić information content (AvgIpc) is 2.36. The highest BCUT2D eigenvalue weighted by molar-refractivity contribution is 6.27. The normalized spacial score (nSPS) is 13.4. The first-order valence-corrected chi connectivity index (χ1v) is 4.10. The van der Waals surface area contributed by atoms with E-state index < -0.39 is 0 Å². The molecule has 1 unspecified atom stereocenters. The van der Waals surface area contributed by atoms with E-state index in [0.717, 1.165) is 12.8 Å². The van der Waals surface area contributed by atoms with Crippen molar-refractivity contribution < 1.29 is 4.42 Å². The van der Waals surface area contributed by atoms with Crippen LogP contribution in [-0.4, -0.2) is 10.2 Å². The molecule has 0 fully saturated rings. The van der Waals surface area contributed by atoms with E-state index in [9.17, 15) is 0 Å². The van der Waals surface area contributed by atoms with E-state index in [2.05, 4.69) is 17.1 Å². The van der Waals surface area contributed by atoms with Crippen LogP contribution in [0.4, 0.5) is 0 Å². The lowest BCUT2D eigenvalue weighted by atomic mass is 10.1. The number of nitrogens with zero attached hydrogens (tertiary/aromatic N) is 2. The van der Waals surface area contributed by atoms with Gasteiger partial charge in [0.15, 0.2) is 0 Å². The molecule has 62 valence electrons. The smallest absolute Gasteiger partial charge is 0.312 e. The van der Waals surface area contributed by atoms with Crippen molar-refractivity contribution in [1.82, 2.24) is 10.2 Å². The Morgan fingerprint density at radius 1 is 1.55 bits per heavy atom. The second kappa shape index (κ2) is 3.72. The molecule has 1 rings (SSSR count). The van der Waals surface area contributed by atoms with Crippen molar-refractivity contribution in [3.05, 3.63) is 11.2 Å². The number of hydrogen-bond donors (Lipinski definition) is 0. The predicted molar refractivity (Wildman–Crippen MR) is 42.6 cm³/mol. The van der Waals surface area contributed by atoms with Crippen LogP contribution in [0.15, 0.2) is 4.42 Å². The summed E-state index contributed by atoms with van der Waals surface area (Å²) in [5.74, 6) is 0.955. The summed E-state index contributed by atoms with van der Waals surface area (Å²) in [5.41, 5.74) is 0. The fourth-order valence-corrected chi connectivity index (χ4v) is 1.09. The van der Waals surface area contributed by atoms with Gasteiger partial charge in [-0.05, 0) is 18.0 Å². The summed E-state index contributed by atoms with van der Waals surface area (Å²) < 4.78 is 5.04. The van der Waals surface area contributed by atoms with Gasteiger partial charge < -0.3 is 4.42 Å². The summed E-state index contributed by atoms with van der Waals surface area (Å²) in [7, 11) is 0. The van der Waals surface area contributed by atoms with Crippen LogP contribution in [0.25, 0.3) is 0 Å². The van der Waals surface area contributed by atoms with Gasteiger partial charge in [0.25, 0.3) is 0 Å². The van der Waals surface area contributed by atoms with E-state index in [1.54, 1.807) is 0 Å². The predicted octanol–water partition coefficient (Wildman–Crippen LogP) is 2.63. The van der Waals surface area contributed by atoms with Crippen molar-refractivity contribution in [3.8, 4) is 0 Å². The Labute approximate surface area is 70.8 Å². The molecule has 1 aromatic heterocycles. The first-order valence-electron chi connectivity index (χ1n) is 3.73. The van der Waals surface area contributed by atoms with Crippen molar-refractivity contribution in [1.29, 1.82) is 0 Å². The minimum Gasteiger partial charge on any atom is -0.412 e. The summed E-state index contributed by atoms with van der Waals surface area (Å²) in [4.78, 5) is 0. The second-order valence-corrected chi connectivity index (χ2v) is 2.91. The SMILES string of the molecule is CCCC(C)c1nnc(Cl)o1. The van der Waals surface area contributed by atoms with Gasteiger partial charge in [0.2, 0.25) is 5.89 Å². The molecule has 0 saturated heterocycles. The summed E-state index contributed by atoms with van der Waals surface area (Å²) in [6.07, 6.45) is 2.17. The Morgan fingerprint density at radius 3 is 2.73 bits per heavy atom. The van der Waals surface area contributed by atoms with Crippen LogP contribution in [0.2, 0.25) is 5.35 Å². The highest BCUT2D eigenvalue weighted by Gasteiger charge is 2.11. The molecular formula is C7H11ClN2O. The van der Waals surface area contributed by atoms with E-state index in [1.807, 2.05) is 6.92 Å². The Kier molecular flexibility index (Phi) is 2.88. The Hall–Kier alpha value is -0.570. The van der Waals surface area contributed by atoms with Gasteiger partial charge in [-0.25, -0.2) is 0 Å². The lowest BCUT2D eigenvalue weighted by molar-refractivity contribution is 0.444. The van der Waals surface area contributed by atoms with Crippen LogP contribution in [0.5, 0.6) is 0 Å². The zero-order valence-corrected chi connectivity index (χ0v) is 7.43. The van der Waals surface area contributed by atoms with Gasteiger partial charge >= 0.3 is 5.35 Å². The van der Waals surface area contributed by atoms with Crippen LogP contribution >= 0.6 is 11.6 Å². The average molecular weight is 175 g/mol. The summed E-state index contributed by atoms with van der Waals surface area (Å²) in [5, 5.41) is 7.48. The molecule has 0 aliphatic carbocycles. The topological polar surface area (TPSA) is 38.9 Å². The van der Waals surface area contributed by atoms with E-state index in [4.69, 9.17) is 16.0 Å². The molecule has 0 saturated carbocycles. The third-order valence-corrected chi connectivity index (χ3v) is 1.71. The van der Waals surface area contributed by atoms with Crippen LogP contribution in [0.3, 0.4) is 0 Å². The van der Waals surface area contributed by atoms with Gasteiger partial charge in [0, 0.05) is 5.92 Å². The van der Waals surface area contributed by atoms with Crippen molar-refractivity contribution >= 4 is 11.6 Å². The molecule has 1 atom stereocenters. The highest BCUT2D eigenvalue weighted by Crippen LogP contribution is 2.20. The monoisotopic (exact) mass is 174 g/mol. The summed E-state index contributed by atoms with van der Waals surface area (Å²) in [6.45, 7) is 4.17. The third kappa shape index (κ3) is 2.19. The van der Waals surface area contributed by atoms with Crippen molar-refractivity contribution in [2.24, 2.45) is 0 Å². The second-order valence-electron chi connectivity index (χ2n) is 2.58. The van der Waals surface area contributed by atoms with Gasteiger partial charge in [-0.2, -0.15) is 0 Å². The van der Waals surface area contributed by atoms with Crippen LogP contribution in [0.1, 0.15) is 38.5 Å². The summed E-state index contributed by atoms with van der Waals surface area (Å²) >= 11 is 5.46. The molecule has 3 nitrogen and oxygen atoms in total. The maximum Gasteiger partial charge on any atom is 0.312 e. The van der Waals surface area contributed by atoms with Gasteiger partial charge in [0.1, 0.15) is 0 Å². The standard InChI is InChI=1S/C7H11ClN2O/c1-3-4-5(2)6-9-10-7(8)11-6/h5H,3-4H2,1-2H3. The van der Waals surface area contributed by atoms with Crippen molar-refractivity contribution in [2.75, 3.05) is 0 Å². The van der Waals surface area contributed by atoms with Gasteiger partial charge in [-0.1, -0.05) is 25.4 Å². The molecule has 0 aliphatic heterocycles. The molecule has 0 spiro atoms. The fraction of sp³-hybridized carbons (Fsp3) is 0.714. The number of hydrogen-bond acceptors (Lipinski definition) is 3. The molecule has 0 aromatic carbocycles. The van der Waals surface area contributed by atoms with Crippen molar-refractivity contribution in [2.45, 2.75) is 32.6 Å². The van der Waals surface area contributed by atoms with Crippen LogP contribution < -0.4 is 0 Å². The molecule has 0 aliphatic rings. The lowest BCUT2D eigenvalue weighted by Crippen LogP contribution is -1.92. The van der Waals surface area contributed by atoms with Gasteiger partial charge in [0.05, 0.1) is 0 Å². The van der Waals surface area contributed by atoms with E-state index >= 15 is 0 Å². The van der Waals surface area contributed by atoms with Crippen LogP contribution in [0, 0.1) is 0 Å². The number of aromatic nitrogens is 2. The highest BCUT2D eigenvalue weighted by atomic mass is 35.5. The van der Waals surface area contributed by atoms with E-state index in [-0.39, 0.29) is 5.35 Å². The Bertz CT molecular complexity index is 224. The first kappa shape index (κ1) is 8.53. The van der Waals surface area contributed by atoms with E-state index in [0.29, 0.717) is 11.8 Å². The molecule has 0 radical (unpaired) electrons. The van der Waals surface area contributed by atoms with Crippen molar-refractivity contribution in [3.63, 3.8) is 0 Å². The molecule has 0 bridgehead atoms. The largest absolute Gasteiger partial charge is 0.412 e. The summed E-state index contributed by atoms with van der Waals surface area (Å²) in [6, 6.07) is 0. The molecule has 0 amide bonds. The number of rotatable bonds is 3. The fourth-order valence-electron chi connectivity index (χ4n) is 0.971. The molecule has 11 heavy (non-hydrogen) atoms.